The van der Waals surface area contributed by atoms with Gasteiger partial charge in [-0.1, -0.05) is 93.6 Å². The second-order valence-corrected chi connectivity index (χ2v) is 13.9. The second-order valence-electron chi connectivity index (χ2n) is 9.58. The standard InChI is InChI=1S/C28H31FN2O2Si/c1-28(2,3)34(24-10-6-4-7-11-24,25-12-8-5-9-13-25)33-20-27-30-19-23(31-27)18-26(32)21-14-16-22(29)17-15-21/h4-17,19,26,32H,18,20H2,1-3H3,(H,30,31). The number of halogens is 1. The number of aromatic amines is 1. The van der Waals surface area contributed by atoms with E-state index in [1.165, 1.54) is 22.5 Å². The van der Waals surface area contributed by atoms with Crippen molar-refractivity contribution >= 4 is 18.7 Å². The van der Waals surface area contributed by atoms with Crippen LogP contribution in [0.3, 0.4) is 0 Å². The quantitative estimate of drug-likeness (QED) is 0.357. The van der Waals surface area contributed by atoms with Gasteiger partial charge in [0.1, 0.15) is 11.6 Å². The van der Waals surface area contributed by atoms with Gasteiger partial charge in [0.15, 0.2) is 0 Å². The van der Waals surface area contributed by atoms with Crippen LogP contribution < -0.4 is 10.4 Å². The molecule has 4 aromatic rings. The number of hydrogen-bond acceptors (Lipinski definition) is 3. The molecule has 34 heavy (non-hydrogen) atoms. The van der Waals surface area contributed by atoms with E-state index in [-0.39, 0.29) is 10.9 Å². The van der Waals surface area contributed by atoms with Crippen LogP contribution in [-0.4, -0.2) is 23.4 Å². The fourth-order valence-electron chi connectivity index (χ4n) is 4.53. The largest absolute Gasteiger partial charge is 0.400 e. The average molecular weight is 475 g/mol. The fraction of sp³-hybridized carbons (Fsp3) is 0.250. The predicted octanol–water partition coefficient (Wildman–Crippen LogP) is 4.90. The molecule has 1 aromatic heterocycles. The van der Waals surface area contributed by atoms with Crippen molar-refractivity contribution in [2.45, 2.75) is 44.9 Å². The number of aromatic nitrogens is 2. The highest BCUT2D eigenvalue weighted by Gasteiger charge is 2.50. The van der Waals surface area contributed by atoms with Crippen molar-refractivity contribution in [2.75, 3.05) is 0 Å². The van der Waals surface area contributed by atoms with Crippen molar-refractivity contribution in [3.8, 4) is 0 Å². The first-order valence-electron chi connectivity index (χ1n) is 11.5. The molecule has 2 N–H and O–H groups in total. The van der Waals surface area contributed by atoms with Gasteiger partial charge in [0.05, 0.1) is 12.7 Å². The van der Waals surface area contributed by atoms with Crippen LogP contribution in [0.5, 0.6) is 0 Å². The third-order valence-corrected chi connectivity index (χ3v) is 11.2. The Labute approximate surface area is 201 Å². The van der Waals surface area contributed by atoms with Gasteiger partial charge in [-0.3, -0.25) is 0 Å². The van der Waals surface area contributed by atoms with E-state index in [0.29, 0.717) is 24.4 Å². The van der Waals surface area contributed by atoms with E-state index < -0.39 is 14.4 Å². The second kappa shape index (κ2) is 10.1. The molecule has 4 nitrogen and oxygen atoms in total. The zero-order chi connectivity index (χ0) is 24.2. The van der Waals surface area contributed by atoms with Gasteiger partial charge >= 0.3 is 0 Å². The number of nitrogens with one attached hydrogen (secondary N) is 1. The molecule has 0 radical (unpaired) electrons. The van der Waals surface area contributed by atoms with Crippen molar-refractivity contribution in [1.82, 2.24) is 9.97 Å². The van der Waals surface area contributed by atoms with E-state index in [4.69, 9.17) is 4.43 Å². The predicted molar refractivity (Wildman–Crippen MR) is 136 cm³/mol. The lowest BCUT2D eigenvalue weighted by molar-refractivity contribution is 0.177. The molecular weight excluding hydrogens is 443 g/mol. The first kappa shape index (κ1) is 24.1. The lowest BCUT2D eigenvalue weighted by Gasteiger charge is -2.42. The number of rotatable bonds is 8. The number of nitrogens with zero attached hydrogens (tertiary/aromatic N) is 1. The van der Waals surface area contributed by atoms with Gasteiger partial charge in [0.2, 0.25) is 0 Å². The van der Waals surface area contributed by atoms with E-state index in [1.54, 1.807) is 18.3 Å². The molecule has 0 aliphatic rings. The third-order valence-electron chi connectivity index (χ3n) is 6.19. The van der Waals surface area contributed by atoms with Crippen LogP contribution in [0.2, 0.25) is 5.04 Å². The Bertz CT molecular complexity index is 1150. The minimum atomic E-state index is -2.66. The number of benzene rings is 3. The van der Waals surface area contributed by atoms with Crippen molar-refractivity contribution < 1.29 is 13.9 Å². The van der Waals surface area contributed by atoms with E-state index in [1.807, 2.05) is 12.1 Å². The number of aliphatic hydroxyl groups is 1. The van der Waals surface area contributed by atoms with Gasteiger partial charge in [-0.15, -0.1) is 0 Å². The summed E-state index contributed by atoms with van der Waals surface area (Å²) >= 11 is 0. The van der Waals surface area contributed by atoms with Gasteiger partial charge in [-0.2, -0.15) is 0 Å². The minimum Gasteiger partial charge on any atom is -0.400 e. The van der Waals surface area contributed by atoms with Crippen molar-refractivity contribution in [2.24, 2.45) is 0 Å². The van der Waals surface area contributed by atoms with E-state index in [2.05, 4.69) is 79.3 Å². The molecular formula is C28H31FN2O2Si. The van der Waals surface area contributed by atoms with Crippen LogP contribution >= 0.6 is 0 Å². The molecule has 0 saturated heterocycles. The van der Waals surface area contributed by atoms with Crippen LogP contribution in [-0.2, 0) is 17.5 Å². The number of aliphatic hydroxyl groups excluding tert-OH is 1. The van der Waals surface area contributed by atoms with Crippen LogP contribution in [0.25, 0.3) is 0 Å². The SMILES string of the molecule is CC(C)(C)[Si](OCc1ncc(CC(O)c2ccc(F)cc2)[nH]1)(c1ccccc1)c1ccccc1. The highest BCUT2D eigenvalue weighted by atomic mass is 28.4. The average Bonchev–Trinajstić information content (AvgIpc) is 3.27. The smallest absolute Gasteiger partial charge is 0.261 e. The minimum absolute atomic E-state index is 0.121. The van der Waals surface area contributed by atoms with Gasteiger partial charge in [0.25, 0.3) is 8.32 Å². The van der Waals surface area contributed by atoms with Crippen molar-refractivity contribution in [3.63, 3.8) is 0 Å². The molecule has 4 rings (SSSR count). The maximum Gasteiger partial charge on any atom is 0.261 e. The topological polar surface area (TPSA) is 58.1 Å². The van der Waals surface area contributed by atoms with Crippen LogP contribution in [0, 0.1) is 5.82 Å². The summed E-state index contributed by atoms with van der Waals surface area (Å²) in [5, 5.41) is 12.9. The lowest BCUT2D eigenvalue weighted by atomic mass is 10.1. The molecule has 6 heteroatoms. The Hall–Kier alpha value is -3.06. The molecule has 0 aliphatic heterocycles. The zero-order valence-electron chi connectivity index (χ0n) is 19.8. The monoisotopic (exact) mass is 474 g/mol. The van der Waals surface area contributed by atoms with Crippen molar-refractivity contribution in [1.29, 1.82) is 0 Å². The molecule has 0 fully saturated rings. The first-order valence-corrected chi connectivity index (χ1v) is 13.4. The molecule has 0 bridgehead atoms. The van der Waals surface area contributed by atoms with Crippen LogP contribution in [0.15, 0.2) is 91.1 Å². The molecule has 0 saturated carbocycles. The maximum atomic E-state index is 13.2. The number of hydrogen-bond donors (Lipinski definition) is 2. The zero-order valence-corrected chi connectivity index (χ0v) is 20.8. The molecule has 1 unspecified atom stereocenters. The Morgan fingerprint density at radius 3 is 2.00 bits per heavy atom. The summed E-state index contributed by atoms with van der Waals surface area (Å²) in [6.07, 6.45) is 1.35. The van der Waals surface area contributed by atoms with Gasteiger partial charge < -0.3 is 14.5 Å². The fourth-order valence-corrected chi connectivity index (χ4v) is 9.04. The van der Waals surface area contributed by atoms with E-state index in [9.17, 15) is 9.50 Å². The van der Waals surface area contributed by atoms with E-state index in [0.717, 1.165) is 5.69 Å². The van der Waals surface area contributed by atoms with Gasteiger partial charge in [0, 0.05) is 18.3 Å². The highest BCUT2D eigenvalue weighted by molar-refractivity contribution is 6.99. The molecule has 1 heterocycles. The van der Waals surface area contributed by atoms with Crippen molar-refractivity contribution in [3.05, 3.63) is 114 Å². The Kier molecular flexibility index (Phi) is 7.12. The van der Waals surface area contributed by atoms with Crippen LogP contribution in [0.4, 0.5) is 4.39 Å². The molecule has 3 aromatic carbocycles. The molecule has 0 aliphatic carbocycles. The maximum absolute atomic E-state index is 13.2. The summed E-state index contributed by atoms with van der Waals surface area (Å²) in [7, 11) is -2.66. The van der Waals surface area contributed by atoms with Gasteiger partial charge in [-0.05, 0) is 33.1 Å². The number of H-pyrrole nitrogens is 1. The molecule has 0 spiro atoms. The Morgan fingerprint density at radius 2 is 1.47 bits per heavy atom. The summed E-state index contributed by atoms with van der Waals surface area (Å²) in [5.41, 5.74) is 1.47. The summed E-state index contributed by atoms with van der Waals surface area (Å²) in [5.74, 6) is 0.398. The molecule has 176 valence electrons. The lowest BCUT2D eigenvalue weighted by Crippen LogP contribution is -2.66. The Morgan fingerprint density at radius 1 is 0.912 bits per heavy atom. The summed E-state index contributed by atoms with van der Waals surface area (Å²) < 4.78 is 20.1. The molecule has 1 atom stereocenters. The van der Waals surface area contributed by atoms with Crippen LogP contribution in [0.1, 0.15) is 44.0 Å². The molecule has 0 amide bonds. The Balaban J connectivity index is 1.58. The van der Waals surface area contributed by atoms with Gasteiger partial charge in [-0.25, -0.2) is 9.37 Å². The summed E-state index contributed by atoms with van der Waals surface area (Å²) in [6.45, 7) is 7.06. The highest BCUT2D eigenvalue weighted by Crippen LogP contribution is 2.37. The first-order chi connectivity index (χ1) is 16.3. The summed E-state index contributed by atoms with van der Waals surface area (Å²) in [6, 6.07) is 26.9. The number of imidazole rings is 1. The van der Waals surface area contributed by atoms with E-state index >= 15 is 0 Å². The normalized spacial score (nSPS) is 13.1. The third kappa shape index (κ3) is 5.04. The summed E-state index contributed by atoms with van der Waals surface area (Å²) in [4.78, 5) is 7.82.